The average molecular weight is 317 g/mol. The van der Waals surface area contributed by atoms with Gasteiger partial charge < -0.3 is 10.1 Å². The maximum Gasteiger partial charge on any atom is 0.325 e. The third-order valence-electron chi connectivity index (χ3n) is 2.95. The van der Waals surface area contributed by atoms with E-state index in [4.69, 9.17) is 4.74 Å². The Balaban J connectivity index is 2.14. The van der Waals surface area contributed by atoms with Crippen LogP contribution < -0.4 is 15.4 Å². The molecule has 0 aliphatic rings. The van der Waals surface area contributed by atoms with Crippen LogP contribution >= 0.6 is 11.3 Å². The van der Waals surface area contributed by atoms with Crippen molar-refractivity contribution in [2.24, 2.45) is 0 Å². The molecule has 0 aliphatic heterocycles. The van der Waals surface area contributed by atoms with E-state index in [1.807, 2.05) is 45.0 Å². The lowest BCUT2D eigenvalue weighted by Crippen LogP contribution is -2.19. The predicted octanol–water partition coefficient (Wildman–Crippen LogP) is 4.79. The van der Waals surface area contributed by atoms with Crippen LogP contribution in [0.25, 0.3) is 0 Å². The van der Waals surface area contributed by atoms with E-state index < -0.39 is 0 Å². The van der Waals surface area contributed by atoms with Crippen LogP contribution in [0, 0.1) is 6.92 Å². The maximum absolute atomic E-state index is 12.0. The third kappa shape index (κ3) is 4.33. The quantitative estimate of drug-likeness (QED) is 0.779. The van der Waals surface area contributed by atoms with E-state index in [2.05, 4.69) is 15.6 Å². The van der Waals surface area contributed by atoms with Gasteiger partial charge in [-0.2, -0.15) is 0 Å². The number of amides is 2. The second-order valence-corrected chi connectivity index (χ2v) is 5.52. The number of anilines is 2. The normalized spacial score (nSPS) is 11.1. The summed E-state index contributed by atoms with van der Waals surface area (Å²) in [7, 11) is 0. The molecule has 2 aromatic rings. The lowest BCUT2D eigenvalue weighted by Gasteiger charge is -2.14. The summed E-state index contributed by atoms with van der Waals surface area (Å²) in [6, 6.07) is 5.31. The van der Waals surface area contributed by atoms with Gasteiger partial charge in [0.1, 0.15) is 0 Å². The minimum Gasteiger partial charge on any atom is -0.460 e. The molecule has 0 unspecified atom stereocenters. The summed E-state index contributed by atoms with van der Waals surface area (Å²) in [5.41, 5.74) is 1.68. The molecule has 5 nitrogen and oxygen atoms in total. The Morgan fingerprint density at radius 2 is 2.23 bits per heavy atom. The van der Waals surface area contributed by atoms with Crippen molar-refractivity contribution in [2.75, 3.05) is 10.6 Å². The number of carbonyl (C=O) groups excluding carboxylic acids is 1. The topological polar surface area (TPSA) is 63.2 Å². The summed E-state index contributed by atoms with van der Waals surface area (Å²) in [4.78, 5) is 16.0. The molecule has 0 bridgehead atoms. The zero-order valence-electron chi connectivity index (χ0n) is 12.8. The molecule has 0 saturated heterocycles. The summed E-state index contributed by atoms with van der Waals surface area (Å²) >= 11 is 1.36. The molecule has 2 N–H and O–H groups in total. The lowest BCUT2D eigenvalue weighted by atomic mass is 10.2. The minimum atomic E-state index is -0.345. The molecule has 0 fully saturated rings. The smallest absolute Gasteiger partial charge is 0.325 e. The number of hydrogen-bond acceptors (Lipinski definition) is 4. The molecule has 6 heteroatoms. The molecule has 1 heterocycles. The summed E-state index contributed by atoms with van der Waals surface area (Å²) in [6.45, 7) is 5.93. The molecule has 0 spiro atoms. The minimum absolute atomic E-state index is 0.345. The molecule has 2 rings (SSSR count). The van der Waals surface area contributed by atoms with Crippen LogP contribution in [0.1, 0.15) is 25.8 Å². The zero-order chi connectivity index (χ0) is 15.9. The predicted molar refractivity (Wildman–Crippen MR) is 90.6 cm³/mol. The van der Waals surface area contributed by atoms with Gasteiger partial charge in [0, 0.05) is 18.0 Å². The van der Waals surface area contributed by atoms with E-state index in [-0.39, 0.29) is 6.03 Å². The van der Waals surface area contributed by atoms with Crippen LogP contribution in [0.15, 0.2) is 41.6 Å². The number of thiazole rings is 1. The number of allylic oxidation sites excluding steroid dienone is 2. The molecule has 1 aromatic heterocycles. The second kappa shape index (κ2) is 7.61. The number of ether oxygens (including phenoxy) is 1. The van der Waals surface area contributed by atoms with Gasteiger partial charge in [0.05, 0.1) is 11.4 Å². The molecule has 2 amide bonds. The van der Waals surface area contributed by atoms with Gasteiger partial charge in [-0.1, -0.05) is 13.0 Å². The largest absolute Gasteiger partial charge is 0.460 e. The van der Waals surface area contributed by atoms with Gasteiger partial charge in [0.2, 0.25) is 0 Å². The third-order valence-corrected chi connectivity index (χ3v) is 3.64. The molecule has 116 valence electrons. The van der Waals surface area contributed by atoms with Crippen LogP contribution in [0.3, 0.4) is 0 Å². The first kappa shape index (κ1) is 16.0. The summed E-state index contributed by atoms with van der Waals surface area (Å²) < 4.78 is 5.87. The van der Waals surface area contributed by atoms with E-state index in [0.717, 1.165) is 17.7 Å². The second-order valence-electron chi connectivity index (χ2n) is 4.63. The van der Waals surface area contributed by atoms with Gasteiger partial charge in [-0.05, 0) is 37.6 Å². The molecule has 22 heavy (non-hydrogen) atoms. The first-order chi connectivity index (χ1) is 10.6. The molecule has 0 aliphatic carbocycles. The zero-order valence-corrected chi connectivity index (χ0v) is 13.7. The van der Waals surface area contributed by atoms with Crippen LogP contribution in [0.2, 0.25) is 0 Å². The number of aromatic nitrogens is 1. The number of urea groups is 1. The van der Waals surface area contributed by atoms with Gasteiger partial charge in [0.25, 0.3) is 0 Å². The fourth-order valence-electron chi connectivity index (χ4n) is 1.83. The fraction of sp³-hybridized carbons (Fsp3) is 0.250. The monoisotopic (exact) mass is 317 g/mol. The highest BCUT2D eigenvalue weighted by molar-refractivity contribution is 7.13. The number of aryl methyl sites for hydroxylation is 1. The Morgan fingerprint density at radius 1 is 1.41 bits per heavy atom. The summed E-state index contributed by atoms with van der Waals surface area (Å²) in [5, 5.41) is 7.83. The lowest BCUT2D eigenvalue weighted by molar-refractivity contribution is 0.262. The van der Waals surface area contributed by atoms with Crippen molar-refractivity contribution in [3.8, 4) is 5.75 Å². The highest BCUT2D eigenvalue weighted by Crippen LogP contribution is 2.28. The van der Waals surface area contributed by atoms with Gasteiger partial charge in [-0.3, -0.25) is 5.32 Å². The molecule has 0 saturated carbocycles. The van der Waals surface area contributed by atoms with Crippen molar-refractivity contribution in [3.63, 3.8) is 0 Å². The van der Waals surface area contributed by atoms with Crippen LogP contribution in [0.4, 0.5) is 15.6 Å². The maximum atomic E-state index is 12.0. The highest BCUT2D eigenvalue weighted by atomic mass is 32.1. The Hall–Kier alpha value is -2.34. The number of nitrogens with zero attached hydrogens (tertiary/aromatic N) is 1. The first-order valence-electron chi connectivity index (χ1n) is 7.03. The Labute approximate surface area is 134 Å². The van der Waals surface area contributed by atoms with Gasteiger partial charge in [-0.25, -0.2) is 9.78 Å². The molecular weight excluding hydrogens is 298 g/mol. The van der Waals surface area contributed by atoms with Crippen LogP contribution in [0.5, 0.6) is 5.75 Å². The first-order valence-corrected chi connectivity index (χ1v) is 7.91. The van der Waals surface area contributed by atoms with E-state index in [1.165, 1.54) is 11.3 Å². The number of carbonyl (C=O) groups is 1. The van der Waals surface area contributed by atoms with Gasteiger partial charge >= 0.3 is 6.03 Å². The van der Waals surface area contributed by atoms with Crippen molar-refractivity contribution in [1.82, 2.24) is 4.98 Å². The molecule has 0 radical (unpaired) electrons. The Bertz CT molecular complexity index is 666. The van der Waals surface area contributed by atoms with E-state index in [0.29, 0.717) is 16.6 Å². The Morgan fingerprint density at radius 3 is 2.86 bits per heavy atom. The number of nitrogens with one attached hydrogen (secondary N) is 2. The number of hydrogen-bond donors (Lipinski definition) is 2. The van der Waals surface area contributed by atoms with E-state index in [9.17, 15) is 4.79 Å². The molecule has 0 atom stereocenters. The average Bonchev–Trinajstić information content (AvgIpc) is 3.00. The van der Waals surface area contributed by atoms with Gasteiger partial charge in [-0.15, -0.1) is 11.3 Å². The van der Waals surface area contributed by atoms with Crippen molar-refractivity contribution in [1.29, 1.82) is 0 Å². The number of rotatable bonds is 5. The van der Waals surface area contributed by atoms with E-state index >= 15 is 0 Å². The number of benzene rings is 1. The van der Waals surface area contributed by atoms with Crippen molar-refractivity contribution < 1.29 is 9.53 Å². The molecular formula is C16H19N3O2S. The summed E-state index contributed by atoms with van der Waals surface area (Å²) in [5.74, 6) is 1.48. The highest BCUT2D eigenvalue weighted by Gasteiger charge is 2.10. The molecule has 1 aromatic carbocycles. The van der Waals surface area contributed by atoms with Crippen molar-refractivity contribution >= 4 is 28.2 Å². The van der Waals surface area contributed by atoms with Crippen LogP contribution in [-0.4, -0.2) is 11.0 Å². The SMILES string of the molecule is CC=C(CC)Oc1cc(C)ccc1NC(=O)Nc1nccs1. The fourth-order valence-corrected chi connectivity index (χ4v) is 2.35. The van der Waals surface area contributed by atoms with Crippen LogP contribution in [-0.2, 0) is 0 Å². The van der Waals surface area contributed by atoms with E-state index in [1.54, 1.807) is 11.6 Å². The Kier molecular flexibility index (Phi) is 5.55. The van der Waals surface area contributed by atoms with Gasteiger partial charge in [0.15, 0.2) is 10.9 Å². The summed E-state index contributed by atoms with van der Waals surface area (Å²) in [6.07, 6.45) is 4.34. The standard InChI is InChI=1S/C16H19N3O2S/c1-4-12(5-2)21-14-10-11(3)6-7-13(14)18-15(20)19-16-17-8-9-22-16/h4,6-10H,5H2,1-3H3,(H2,17,18,19,20). The van der Waals surface area contributed by atoms with Crippen molar-refractivity contribution in [3.05, 3.63) is 47.2 Å². The van der Waals surface area contributed by atoms with Crippen molar-refractivity contribution in [2.45, 2.75) is 27.2 Å².